The summed E-state index contributed by atoms with van der Waals surface area (Å²) >= 11 is 9.24. The van der Waals surface area contributed by atoms with Crippen molar-refractivity contribution in [2.24, 2.45) is 0 Å². The standard InChI is InChI=1S/C11H13BrClNO4/c1-4-18-10(15)7-6(12)5-14-9(13)8(7)11(16-2)17-3/h5,11H,4H2,1-3H3. The lowest BCUT2D eigenvalue weighted by Gasteiger charge is -2.18. The van der Waals surface area contributed by atoms with Gasteiger partial charge in [0.25, 0.3) is 0 Å². The Bertz CT molecular complexity index is 437. The molecule has 1 heterocycles. The molecule has 7 heteroatoms. The molecule has 0 aliphatic rings. The zero-order chi connectivity index (χ0) is 13.7. The maximum Gasteiger partial charge on any atom is 0.339 e. The molecule has 0 fully saturated rings. The maximum absolute atomic E-state index is 11.9. The van der Waals surface area contributed by atoms with Gasteiger partial charge in [-0.2, -0.15) is 0 Å². The first-order chi connectivity index (χ1) is 8.56. The van der Waals surface area contributed by atoms with Crippen molar-refractivity contribution in [2.75, 3.05) is 20.8 Å². The van der Waals surface area contributed by atoms with Crippen LogP contribution in [0.15, 0.2) is 10.7 Å². The molecule has 0 radical (unpaired) electrons. The number of methoxy groups -OCH3 is 2. The van der Waals surface area contributed by atoms with E-state index in [0.29, 0.717) is 10.0 Å². The van der Waals surface area contributed by atoms with Crippen LogP contribution >= 0.6 is 27.5 Å². The third kappa shape index (κ3) is 3.20. The van der Waals surface area contributed by atoms with Crippen LogP contribution in [0.1, 0.15) is 29.1 Å². The van der Waals surface area contributed by atoms with Crippen LogP contribution in [0.4, 0.5) is 0 Å². The summed E-state index contributed by atoms with van der Waals surface area (Å²) in [5.41, 5.74) is 0.597. The predicted octanol–water partition coefficient (Wildman–Crippen LogP) is 2.97. The average molecular weight is 339 g/mol. The van der Waals surface area contributed by atoms with E-state index in [2.05, 4.69) is 20.9 Å². The number of ether oxygens (including phenoxy) is 3. The molecule has 0 aromatic carbocycles. The quantitative estimate of drug-likeness (QED) is 0.469. The molecule has 0 unspecified atom stereocenters. The van der Waals surface area contributed by atoms with Crippen LogP contribution in [0.5, 0.6) is 0 Å². The van der Waals surface area contributed by atoms with E-state index in [4.69, 9.17) is 25.8 Å². The van der Waals surface area contributed by atoms with Crippen molar-refractivity contribution >= 4 is 33.5 Å². The first-order valence-electron chi connectivity index (χ1n) is 5.13. The molecule has 0 bridgehead atoms. The largest absolute Gasteiger partial charge is 0.462 e. The van der Waals surface area contributed by atoms with Gasteiger partial charge in [0, 0.05) is 20.4 Å². The van der Waals surface area contributed by atoms with Gasteiger partial charge in [0.15, 0.2) is 6.29 Å². The van der Waals surface area contributed by atoms with E-state index < -0.39 is 12.3 Å². The lowest BCUT2D eigenvalue weighted by atomic mass is 10.1. The zero-order valence-electron chi connectivity index (χ0n) is 10.2. The second-order valence-electron chi connectivity index (χ2n) is 3.21. The lowest BCUT2D eigenvalue weighted by Crippen LogP contribution is -2.15. The molecule has 0 N–H and O–H groups in total. The summed E-state index contributed by atoms with van der Waals surface area (Å²) in [7, 11) is 2.89. The summed E-state index contributed by atoms with van der Waals surface area (Å²) in [6.45, 7) is 1.98. The summed E-state index contributed by atoms with van der Waals surface area (Å²) < 4.78 is 15.7. The minimum atomic E-state index is -0.790. The van der Waals surface area contributed by atoms with Crippen molar-refractivity contribution < 1.29 is 19.0 Å². The highest BCUT2D eigenvalue weighted by Gasteiger charge is 2.26. The molecule has 100 valence electrons. The second-order valence-corrected chi connectivity index (χ2v) is 4.42. The van der Waals surface area contributed by atoms with E-state index in [1.54, 1.807) is 6.92 Å². The number of aromatic nitrogens is 1. The van der Waals surface area contributed by atoms with Gasteiger partial charge in [-0.1, -0.05) is 11.6 Å². The highest BCUT2D eigenvalue weighted by molar-refractivity contribution is 9.10. The number of halogens is 2. The Morgan fingerprint density at radius 2 is 2.11 bits per heavy atom. The summed E-state index contributed by atoms with van der Waals surface area (Å²) in [4.78, 5) is 15.9. The third-order valence-electron chi connectivity index (χ3n) is 2.17. The van der Waals surface area contributed by atoms with E-state index in [1.165, 1.54) is 20.4 Å². The fourth-order valence-electron chi connectivity index (χ4n) is 1.44. The van der Waals surface area contributed by atoms with Crippen LogP contribution in [0, 0.1) is 0 Å². The molecule has 0 atom stereocenters. The number of hydrogen-bond donors (Lipinski definition) is 0. The predicted molar refractivity (Wildman–Crippen MR) is 69.7 cm³/mol. The van der Waals surface area contributed by atoms with E-state index >= 15 is 0 Å². The molecule has 18 heavy (non-hydrogen) atoms. The molecule has 5 nitrogen and oxygen atoms in total. The highest BCUT2D eigenvalue weighted by atomic mass is 79.9. The molecule has 0 saturated carbocycles. The SMILES string of the molecule is CCOC(=O)c1c(Br)cnc(Cl)c1C(OC)OC. The smallest absolute Gasteiger partial charge is 0.339 e. The normalized spacial score (nSPS) is 10.8. The summed E-state index contributed by atoms with van der Waals surface area (Å²) in [6.07, 6.45) is 0.641. The molecule has 1 aromatic rings. The van der Waals surface area contributed by atoms with Crippen molar-refractivity contribution in [2.45, 2.75) is 13.2 Å². The average Bonchev–Trinajstić information content (AvgIpc) is 2.35. The first-order valence-corrected chi connectivity index (χ1v) is 6.30. The Kier molecular flexibility index (Phi) is 6.01. The molecule has 1 rings (SSSR count). The molecule has 0 aliphatic heterocycles. The number of carbonyl (C=O) groups excluding carboxylic acids is 1. The minimum Gasteiger partial charge on any atom is -0.462 e. The number of hydrogen-bond acceptors (Lipinski definition) is 5. The van der Waals surface area contributed by atoms with Gasteiger partial charge in [-0.05, 0) is 22.9 Å². The maximum atomic E-state index is 11.9. The van der Waals surface area contributed by atoms with Crippen LogP contribution in [0.25, 0.3) is 0 Å². The number of nitrogens with zero attached hydrogens (tertiary/aromatic N) is 1. The Labute approximate surface area is 119 Å². The summed E-state index contributed by atoms with van der Waals surface area (Å²) in [5, 5.41) is 0.134. The Morgan fingerprint density at radius 1 is 1.50 bits per heavy atom. The van der Waals surface area contributed by atoms with Crippen LogP contribution in [-0.2, 0) is 14.2 Å². The molecular weight excluding hydrogens is 325 g/mol. The number of carbonyl (C=O) groups is 1. The summed E-state index contributed by atoms with van der Waals surface area (Å²) in [6, 6.07) is 0. The molecule has 0 amide bonds. The van der Waals surface area contributed by atoms with Gasteiger partial charge in [0.2, 0.25) is 0 Å². The first kappa shape index (κ1) is 15.4. The topological polar surface area (TPSA) is 57.7 Å². The number of rotatable bonds is 5. The third-order valence-corrected chi connectivity index (χ3v) is 3.07. The highest BCUT2D eigenvalue weighted by Crippen LogP contribution is 2.32. The van der Waals surface area contributed by atoms with Gasteiger partial charge in [-0.15, -0.1) is 0 Å². The molecule has 1 aromatic heterocycles. The van der Waals surface area contributed by atoms with Gasteiger partial charge < -0.3 is 14.2 Å². The van der Waals surface area contributed by atoms with Crippen LogP contribution in [-0.4, -0.2) is 31.8 Å². The van der Waals surface area contributed by atoms with Crippen molar-refractivity contribution in [1.82, 2.24) is 4.98 Å². The fourth-order valence-corrected chi connectivity index (χ4v) is 2.15. The van der Waals surface area contributed by atoms with Crippen molar-refractivity contribution in [3.63, 3.8) is 0 Å². The van der Waals surface area contributed by atoms with Gasteiger partial charge >= 0.3 is 5.97 Å². The van der Waals surface area contributed by atoms with Gasteiger partial charge in [-0.3, -0.25) is 0 Å². The Hall–Kier alpha value is -0.690. The van der Waals surface area contributed by atoms with Gasteiger partial charge in [0.1, 0.15) is 5.15 Å². The van der Waals surface area contributed by atoms with Gasteiger partial charge in [0.05, 0.1) is 22.2 Å². The monoisotopic (exact) mass is 337 g/mol. The molecular formula is C11H13BrClNO4. The Morgan fingerprint density at radius 3 is 2.61 bits per heavy atom. The van der Waals surface area contributed by atoms with E-state index in [1.807, 2.05) is 0 Å². The molecule has 0 saturated heterocycles. The number of esters is 1. The van der Waals surface area contributed by atoms with Crippen molar-refractivity contribution in [3.8, 4) is 0 Å². The fraction of sp³-hybridized carbons (Fsp3) is 0.455. The van der Waals surface area contributed by atoms with E-state index in [9.17, 15) is 4.79 Å². The molecule has 0 aliphatic carbocycles. The van der Waals surface area contributed by atoms with Crippen LogP contribution in [0.3, 0.4) is 0 Å². The van der Waals surface area contributed by atoms with Gasteiger partial charge in [-0.25, -0.2) is 9.78 Å². The molecule has 0 spiro atoms. The number of pyridine rings is 1. The van der Waals surface area contributed by atoms with Crippen LogP contribution < -0.4 is 0 Å². The van der Waals surface area contributed by atoms with E-state index in [0.717, 1.165) is 0 Å². The van der Waals surface area contributed by atoms with Crippen molar-refractivity contribution in [1.29, 1.82) is 0 Å². The second kappa shape index (κ2) is 7.04. The minimum absolute atomic E-state index is 0.134. The van der Waals surface area contributed by atoms with E-state index in [-0.39, 0.29) is 17.3 Å². The Balaban J connectivity index is 3.37. The lowest BCUT2D eigenvalue weighted by molar-refractivity contribution is -0.106. The van der Waals surface area contributed by atoms with Crippen molar-refractivity contribution in [3.05, 3.63) is 26.9 Å². The van der Waals surface area contributed by atoms with Crippen LogP contribution in [0.2, 0.25) is 5.15 Å². The summed E-state index contributed by atoms with van der Waals surface area (Å²) in [5.74, 6) is -0.511. The zero-order valence-corrected chi connectivity index (χ0v) is 12.5.